The number of hydrogen-bond acceptors (Lipinski definition) is 5. The average molecular weight is 391 g/mol. The van der Waals surface area contributed by atoms with Gasteiger partial charge in [0.25, 0.3) is 0 Å². The lowest BCUT2D eigenvalue weighted by Gasteiger charge is -2.28. The molecule has 1 aromatic heterocycles. The van der Waals surface area contributed by atoms with Gasteiger partial charge in [-0.1, -0.05) is 12.1 Å². The van der Waals surface area contributed by atoms with Gasteiger partial charge in [0.15, 0.2) is 0 Å². The van der Waals surface area contributed by atoms with Crippen LogP contribution in [0.15, 0.2) is 48.5 Å². The van der Waals surface area contributed by atoms with Gasteiger partial charge in [-0.05, 0) is 54.4 Å². The second-order valence-electron chi connectivity index (χ2n) is 7.20. The summed E-state index contributed by atoms with van der Waals surface area (Å²) in [6.07, 6.45) is 0.315. The molecule has 6 heteroatoms. The Kier molecular flexibility index (Phi) is 5.62. The molecular weight excluding hydrogens is 366 g/mol. The molecule has 0 bridgehead atoms. The van der Waals surface area contributed by atoms with Gasteiger partial charge in [0.1, 0.15) is 11.6 Å². The number of carbonyl (C=O) groups is 1. The number of anilines is 2. The van der Waals surface area contributed by atoms with Crippen LogP contribution in [0.2, 0.25) is 0 Å². The highest BCUT2D eigenvalue weighted by molar-refractivity contribution is 5.95. The molecule has 0 saturated carbocycles. The Morgan fingerprint density at radius 2 is 1.90 bits per heavy atom. The summed E-state index contributed by atoms with van der Waals surface area (Å²) in [6.45, 7) is 5.27. The zero-order valence-electron chi connectivity index (χ0n) is 16.8. The predicted molar refractivity (Wildman–Crippen MR) is 115 cm³/mol. The molecule has 150 valence electrons. The molecule has 1 amide bonds. The number of benzene rings is 2. The number of pyridine rings is 1. The number of hydrogen-bond donors (Lipinski definition) is 1. The van der Waals surface area contributed by atoms with Gasteiger partial charge in [0, 0.05) is 24.2 Å². The van der Waals surface area contributed by atoms with Crippen LogP contribution in [0.3, 0.4) is 0 Å². The number of ether oxygens (including phenoxy) is 2. The maximum Gasteiger partial charge on any atom is 0.228 e. The fourth-order valence-corrected chi connectivity index (χ4v) is 3.54. The molecule has 1 aliphatic heterocycles. The van der Waals surface area contributed by atoms with Crippen LogP contribution in [-0.2, 0) is 16.0 Å². The molecule has 29 heavy (non-hydrogen) atoms. The van der Waals surface area contributed by atoms with E-state index in [1.165, 1.54) is 0 Å². The molecule has 2 aromatic carbocycles. The van der Waals surface area contributed by atoms with Crippen molar-refractivity contribution in [1.82, 2.24) is 4.98 Å². The maximum atomic E-state index is 12.4. The summed E-state index contributed by atoms with van der Waals surface area (Å²) in [5, 5.41) is 4.04. The summed E-state index contributed by atoms with van der Waals surface area (Å²) >= 11 is 0. The number of rotatable bonds is 5. The zero-order chi connectivity index (χ0) is 20.2. The van der Waals surface area contributed by atoms with Crippen molar-refractivity contribution in [2.24, 2.45) is 0 Å². The van der Waals surface area contributed by atoms with Gasteiger partial charge < -0.3 is 19.7 Å². The molecule has 1 saturated heterocycles. The van der Waals surface area contributed by atoms with Gasteiger partial charge >= 0.3 is 0 Å². The number of carbonyl (C=O) groups excluding carboxylic acids is 1. The number of morpholine rings is 1. The average Bonchev–Trinajstić information content (AvgIpc) is 2.75. The van der Waals surface area contributed by atoms with Crippen molar-refractivity contribution in [3.8, 4) is 5.75 Å². The Balaban J connectivity index is 1.49. The molecule has 6 nitrogen and oxygen atoms in total. The summed E-state index contributed by atoms with van der Waals surface area (Å²) in [6, 6.07) is 15.5. The predicted octanol–water partition coefficient (Wildman–Crippen LogP) is 3.57. The Bertz CT molecular complexity index is 1010. The van der Waals surface area contributed by atoms with Crippen molar-refractivity contribution in [3.63, 3.8) is 0 Å². The highest BCUT2D eigenvalue weighted by Crippen LogP contribution is 2.26. The summed E-state index contributed by atoms with van der Waals surface area (Å²) in [7, 11) is 1.63. The molecule has 0 spiro atoms. The Hall–Kier alpha value is -3.12. The summed E-state index contributed by atoms with van der Waals surface area (Å²) < 4.78 is 10.6. The molecular formula is C23H25N3O3. The van der Waals surface area contributed by atoms with Crippen molar-refractivity contribution < 1.29 is 14.3 Å². The van der Waals surface area contributed by atoms with Crippen molar-refractivity contribution in [1.29, 1.82) is 0 Å². The number of amides is 1. The fraction of sp³-hybridized carbons (Fsp3) is 0.304. The minimum absolute atomic E-state index is 0.0509. The molecule has 1 fully saturated rings. The van der Waals surface area contributed by atoms with Crippen LogP contribution < -0.4 is 15.0 Å². The first kappa shape index (κ1) is 19.2. The van der Waals surface area contributed by atoms with E-state index in [-0.39, 0.29) is 5.91 Å². The Morgan fingerprint density at radius 1 is 1.14 bits per heavy atom. The number of aryl methyl sites for hydroxylation is 1. The molecule has 1 N–H and O–H groups in total. The number of nitrogens with zero attached hydrogens (tertiary/aromatic N) is 2. The minimum atomic E-state index is -0.0509. The molecule has 1 aliphatic rings. The van der Waals surface area contributed by atoms with Crippen molar-refractivity contribution in [2.75, 3.05) is 43.6 Å². The lowest BCUT2D eigenvalue weighted by atomic mass is 10.1. The summed E-state index contributed by atoms with van der Waals surface area (Å²) in [4.78, 5) is 19.5. The molecule has 0 radical (unpaired) electrons. The minimum Gasteiger partial charge on any atom is -0.497 e. The second kappa shape index (κ2) is 8.49. The van der Waals surface area contributed by atoms with Crippen LogP contribution in [0.25, 0.3) is 10.9 Å². The van der Waals surface area contributed by atoms with E-state index < -0.39 is 0 Å². The topological polar surface area (TPSA) is 63.7 Å². The number of methoxy groups -OCH3 is 1. The molecule has 0 aliphatic carbocycles. The first-order valence-electron chi connectivity index (χ1n) is 9.79. The largest absolute Gasteiger partial charge is 0.497 e. The van der Waals surface area contributed by atoms with Gasteiger partial charge in [-0.2, -0.15) is 0 Å². The van der Waals surface area contributed by atoms with Gasteiger partial charge in [0.2, 0.25) is 5.91 Å². The number of aromatic nitrogens is 1. The lowest BCUT2D eigenvalue weighted by Crippen LogP contribution is -2.36. The fourth-order valence-electron chi connectivity index (χ4n) is 3.54. The highest BCUT2D eigenvalue weighted by atomic mass is 16.5. The van der Waals surface area contributed by atoms with Crippen LogP contribution in [0.1, 0.15) is 11.1 Å². The quantitative estimate of drug-likeness (QED) is 0.720. The van der Waals surface area contributed by atoms with E-state index in [2.05, 4.69) is 23.2 Å². The maximum absolute atomic E-state index is 12.4. The monoisotopic (exact) mass is 391 g/mol. The van der Waals surface area contributed by atoms with E-state index in [4.69, 9.17) is 14.5 Å². The third kappa shape index (κ3) is 4.49. The number of fused-ring (bicyclic) bond motifs is 1. The SMILES string of the molecule is COc1ccc(CC(=O)Nc2ccc3nc(N4CCOCC4)cc(C)c3c2)cc1. The van der Waals surface area contributed by atoms with Crippen molar-refractivity contribution in [3.05, 3.63) is 59.7 Å². The Labute approximate surface area is 170 Å². The highest BCUT2D eigenvalue weighted by Gasteiger charge is 2.14. The van der Waals surface area contributed by atoms with E-state index in [0.29, 0.717) is 6.42 Å². The second-order valence-corrected chi connectivity index (χ2v) is 7.20. The van der Waals surface area contributed by atoms with Gasteiger partial charge in [-0.15, -0.1) is 0 Å². The van der Waals surface area contributed by atoms with Gasteiger partial charge in [-0.25, -0.2) is 4.98 Å². The van der Waals surface area contributed by atoms with E-state index in [1.54, 1.807) is 7.11 Å². The van der Waals surface area contributed by atoms with Crippen LogP contribution in [0.5, 0.6) is 5.75 Å². The van der Waals surface area contributed by atoms with E-state index in [1.807, 2.05) is 42.5 Å². The van der Waals surface area contributed by atoms with Gasteiger partial charge in [0.05, 0.1) is 32.3 Å². The van der Waals surface area contributed by atoms with E-state index in [0.717, 1.165) is 65.6 Å². The lowest BCUT2D eigenvalue weighted by molar-refractivity contribution is -0.115. The first-order chi connectivity index (χ1) is 14.1. The third-order valence-corrected chi connectivity index (χ3v) is 5.14. The van der Waals surface area contributed by atoms with Gasteiger partial charge in [-0.3, -0.25) is 4.79 Å². The summed E-state index contributed by atoms with van der Waals surface area (Å²) in [5.41, 5.74) is 3.79. The van der Waals surface area contributed by atoms with Crippen LogP contribution in [0, 0.1) is 6.92 Å². The Morgan fingerprint density at radius 3 is 2.62 bits per heavy atom. The third-order valence-electron chi connectivity index (χ3n) is 5.14. The normalized spacial score (nSPS) is 14.1. The van der Waals surface area contributed by atoms with E-state index in [9.17, 15) is 4.79 Å². The standard InChI is InChI=1S/C23H25N3O3/c1-16-13-22(26-9-11-29-12-10-26)25-21-8-5-18(15-20(16)21)24-23(27)14-17-3-6-19(28-2)7-4-17/h3-8,13,15H,9-12,14H2,1-2H3,(H,24,27). The summed E-state index contributed by atoms with van der Waals surface area (Å²) in [5.74, 6) is 1.71. The molecule has 4 rings (SSSR count). The van der Waals surface area contributed by atoms with Crippen LogP contribution in [0.4, 0.5) is 11.5 Å². The van der Waals surface area contributed by atoms with Crippen molar-refractivity contribution in [2.45, 2.75) is 13.3 Å². The molecule has 2 heterocycles. The van der Waals surface area contributed by atoms with E-state index >= 15 is 0 Å². The van der Waals surface area contributed by atoms with Crippen LogP contribution >= 0.6 is 0 Å². The molecule has 3 aromatic rings. The first-order valence-corrected chi connectivity index (χ1v) is 9.79. The zero-order valence-corrected chi connectivity index (χ0v) is 16.8. The van der Waals surface area contributed by atoms with Crippen molar-refractivity contribution >= 4 is 28.3 Å². The molecule has 0 unspecified atom stereocenters. The number of nitrogens with one attached hydrogen (secondary N) is 1. The van der Waals surface area contributed by atoms with Crippen LogP contribution in [-0.4, -0.2) is 44.3 Å². The molecule has 0 atom stereocenters. The smallest absolute Gasteiger partial charge is 0.228 e.